The zero-order chi connectivity index (χ0) is 16.6. The number of nitrogens with two attached hydrogens (primary N) is 1. The number of benzene rings is 1. The van der Waals surface area contributed by atoms with E-state index >= 15 is 0 Å². The van der Waals surface area contributed by atoms with Gasteiger partial charge in [-0.25, -0.2) is 18.1 Å². The maximum Gasteiger partial charge on any atom is 0.249 e. The van der Waals surface area contributed by atoms with Crippen LogP contribution in [0.1, 0.15) is 6.92 Å². The number of nitrogens with zero attached hydrogens (tertiary/aromatic N) is 3. The summed E-state index contributed by atoms with van der Waals surface area (Å²) in [4.78, 5) is 15.2. The first kappa shape index (κ1) is 15.1. The Morgan fingerprint density at radius 1 is 1.22 bits per heavy atom. The molecule has 0 atom stereocenters. The minimum atomic E-state index is -3.77. The van der Waals surface area contributed by atoms with E-state index in [1.54, 1.807) is 30.5 Å². The number of rotatable bonds is 3. The van der Waals surface area contributed by atoms with Crippen LogP contribution in [0.15, 0.2) is 47.5 Å². The van der Waals surface area contributed by atoms with E-state index in [0.717, 1.165) is 5.56 Å². The molecule has 0 unspecified atom stereocenters. The molecule has 118 valence electrons. The number of sulfonamides is 1. The van der Waals surface area contributed by atoms with Gasteiger partial charge in [-0.2, -0.15) is 4.98 Å². The summed E-state index contributed by atoms with van der Waals surface area (Å²) in [6.45, 7) is 1.37. The van der Waals surface area contributed by atoms with E-state index in [2.05, 4.69) is 15.4 Å². The van der Waals surface area contributed by atoms with Crippen molar-refractivity contribution in [3.8, 4) is 11.1 Å². The number of hydrogen-bond acceptors (Lipinski definition) is 5. The summed E-state index contributed by atoms with van der Waals surface area (Å²) >= 11 is 0. The molecule has 23 heavy (non-hydrogen) atoms. The van der Waals surface area contributed by atoms with Crippen LogP contribution < -0.4 is 10.5 Å². The Morgan fingerprint density at radius 3 is 2.70 bits per heavy atom. The first-order chi connectivity index (χ1) is 10.8. The van der Waals surface area contributed by atoms with Crippen molar-refractivity contribution in [1.82, 2.24) is 14.6 Å². The van der Waals surface area contributed by atoms with Crippen LogP contribution in [0.3, 0.4) is 0 Å². The van der Waals surface area contributed by atoms with Crippen molar-refractivity contribution < 1.29 is 13.2 Å². The lowest BCUT2D eigenvalue weighted by molar-refractivity contribution is -0.114. The molecular weight excluding hydrogens is 318 g/mol. The Bertz CT molecular complexity index is 1010. The molecule has 3 aromatic rings. The van der Waals surface area contributed by atoms with Crippen LogP contribution in [-0.4, -0.2) is 28.9 Å². The first-order valence-corrected chi connectivity index (χ1v) is 8.15. The first-order valence-electron chi connectivity index (χ1n) is 6.60. The summed E-state index contributed by atoms with van der Waals surface area (Å²) in [6, 6.07) is 9.80. The minimum Gasteiger partial charge on any atom is -0.293 e. The molecular formula is C14H13N5O3S. The topological polar surface area (TPSA) is 119 Å². The molecule has 1 aromatic carbocycles. The standard InChI is InChI=1S/C14H13N5O3S/c1-9(20)16-14-17-13-6-5-11(8-19(13)18-14)10-3-2-4-12(7-10)23(15,21)22/h2-8H,1H3,(H2,15,21,22)(H,16,18,20). The van der Waals surface area contributed by atoms with Crippen molar-refractivity contribution in [2.45, 2.75) is 11.8 Å². The molecule has 0 spiro atoms. The number of hydrogen-bond donors (Lipinski definition) is 2. The molecule has 0 radical (unpaired) electrons. The molecule has 8 nitrogen and oxygen atoms in total. The van der Waals surface area contributed by atoms with Gasteiger partial charge < -0.3 is 0 Å². The molecule has 3 rings (SSSR count). The minimum absolute atomic E-state index is 0.0348. The Balaban J connectivity index is 2.05. The third kappa shape index (κ3) is 3.20. The van der Waals surface area contributed by atoms with Gasteiger partial charge in [-0.15, -0.1) is 5.10 Å². The fraction of sp³-hybridized carbons (Fsp3) is 0.0714. The molecule has 2 aromatic heterocycles. The van der Waals surface area contributed by atoms with Gasteiger partial charge >= 0.3 is 0 Å². The summed E-state index contributed by atoms with van der Waals surface area (Å²) in [6.07, 6.45) is 1.69. The highest BCUT2D eigenvalue weighted by molar-refractivity contribution is 7.89. The maximum atomic E-state index is 11.4. The quantitative estimate of drug-likeness (QED) is 0.742. The van der Waals surface area contributed by atoms with Crippen LogP contribution in [-0.2, 0) is 14.8 Å². The predicted octanol–water partition coefficient (Wildman–Crippen LogP) is 1.00. The monoisotopic (exact) mass is 331 g/mol. The summed E-state index contributed by atoms with van der Waals surface area (Å²) < 4.78 is 24.4. The maximum absolute atomic E-state index is 11.4. The van der Waals surface area contributed by atoms with E-state index in [-0.39, 0.29) is 16.8 Å². The van der Waals surface area contributed by atoms with E-state index < -0.39 is 10.0 Å². The fourth-order valence-corrected chi connectivity index (χ4v) is 2.68. The highest BCUT2D eigenvalue weighted by Gasteiger charge is 2.10. The number of amides is 1. The molecule has 3 N–H and O–H groups in total. The van der Waals surface area contributed by atoms with Crippen molar-refractivity contribution in [1.29, 1.82) is 0 Å². The van der Waals surface area contributed by atoms with Crippen molar-refractivity contribution in [2.24, 2.45) is 5.14 Å². The van der Waals surface area contributed by atoms with E-state index in [0.29, 0.717) is 11.2 Å². The van der Waals surface area contributed by atoms with Crippen molar-refractivity contribution >= 4 is 27.5 Å². The number of primary sulfonamides is 1. The SMILES string of the molecule is CC(=O)Nc1nc2ccc(-c3cccc(S(N)(=O)=O)c3)cn2n1. The summed E-state index contributed by atoms with van der Waals surface area (Å²) in [7, 11) is -3.77. The molecule has 0 saturated heterocycles. The van der Waals surface area contributed by atoms with Crippen LogP contribution >= 0.6 is 0 Å². The molecule has 0 aliphatic rings. The van der Waals surface area contributed by atoms with Gasteiger partial charge in [0, 0.05) is 18.7 Å². The average Bonchev–Trinajstić information content (AvgIpc) is 2.86. The number of aromatic nitrogens is 3. The molecule has 0 aliphatic heterocycles. The Morgan fingerprint density at radius 2 is 2.00 bits per heavy atom. The lowest BCUT2D eigenvalue weighted by Crippen LogP contribution is -2.11. The van der Waals surface area contributed by atoms with Gasteiger partial charge in [0.15, 0.2) is 5.65 Å². The number of carbonyl (C=O) groups excluding carboxylic acids is 1. The van der Waals surface area contributed by atoms with Crippen LogP contribution in [0.25, 0.3) is 16.8 Å². The fourth-order valence-electron chi connectivity index (χ4n) is 2.12. The van der Waals surface area contributed by atoms with Gasteiger partial charge in [-0.3, -0.25) is 10.1 Å². The second-order valence-corrected chi connectivity index (χ2v) is 6.47. The van der Waals surface area contributed by atoms with Gasteiger partial charge in [-0.1, -0.05) is 12.1 Å². The molecule has 0 saturated carbocycles. The van der Waals surface area contributed by atoms with Gasteiger partial charge in [0.05, 0.1) is 4.90 Å². The lowest BCUT2D eigenvalue weighted by Gasteiger charge is -2.04. The van der Waals surface area contributed by atoms with Crippen molar-refractivity contribution in [2.75, 3.05) is 5.32 Å². The van der Waals surface area contributed by atoms with Crippen LogP contribution in [0.5, 0.6) is 0 Å². The largest absolute Gasteiger partial charge is 0.293 e. The molecule has 0 aliphatic carbocycles. The molecule has 2 heterocycles. The number of anilines is 1. The zero-order valence-corrected chi connectivity index (χ0v) is 12.9. The van der Waals surface area contributed by atoms with E-state index in [1.165, 1.54) is 23.6 Å². The highest BCUT2D eigenvalue weighted by Crippen LogP contribution is 2.22. The zero-order valence-electron chi connectivity index (χ0n) is 12.1. The Hall–Kier alpha value is -2.78. The number of carbonyl (C=O) groups is 1. The Labute approximate surface area is 132 Å². The van der Waals surface area contributed by atoms with E-state index in [1.807, 2.05) is 0 Å². The summed E-state index contributed by atoms with van der Waals surface area (Å²) in [5, 5.41) is 11.8. The highest BCUT2D eigenvalue weighted by atomic mass is 32.2. The van der Waals surface area contributed by atoms with Crippen molar-refractivity contribution in [3.05, 3.63) is 42.6 Å². The molecule has 0 fully saturated rings. The summed E-state index contributed by atoms with van der Waals surface area (Å²) in [5.74, 6) is -0.0603. The third-order valence-electron chi connectivity index (χ3n) is 3.11. The summed E-state index contributed by atoms with van der Waals surface area (Å²) in [5.41, 5.74) is 1.97. The van der Waals surface area contributed by atoms with E-state index in [4.69, 9.17) is 5.14 Å². The lowest BCUT2D eigenvalue weighted by atomic mass is 10.1. The smallest absolute Gasteiger partial charge is 0.249 e. The van der Waals surface area contributed by atoms with Crippen LogP contribution in [0.2, 0.25) is 0 Å². The van der Waals surface area contributed by atoms with Crippen LogP contribution in [0, 0.1) is 0 Å². The second-order valence-electron chi connectivity index (χ2n) is 4.91. The predicted molar refractivity (Wildman–Crippen MR) is 84.1 cm³/mol. The molecule has 0 bridgehead atoms. The second kappa shape index (κ2) is 5.45. The van der Waals surface area contributed by atoms with Crippen LogP contribution in [0.4, 0.5) is 5.95 Å². The van der Waals surface area contributed by atoms with Gasteiger partial charge in [0.25, 0.3) is 0 Å². The average molecular weight is 331 g/mol. The molecule has 9 heteroatoms. The number of pyridine rings is 1. The van der Waals surface area contributed by atoms with Gasteiger partial charge in [0.2, 0.25) is 21.9 Å². The van der Waals surface area contributed by atoms with Gasteiger partial charge in [-0.05, 0) is 29.8 Å². The van der Waals surface area contributed by atoms with E-state index in [9.17, 15) is 13.2 Å². The number of nitrogens with one attached hydrogen (secondary N) is 1. The normalized spacial score (nSPS) is 11.6. The van der Waals surface area contributed by atoms with Gasteiger partial charge in [0.1, 0.15) is 0 Å². The van der Waals surface area contributed by atoms with Crippen molar-refractivity contribution in [3.63, 3.8) is 0 Å². The third-order valence-corrected chi connectivity index (χ3v) is 4.03. The number of fused-ring (bicyclic) bond motifs is 1. The Kier molecular flexibility index (Phi) is 3.58. The molecule has 1 amide bonds.